The van der Waals surface area contributed by atoms with Gasteiger partial charge in [-0.15, -0.1) is 0 Å². The van der Waals surface area contributed by atoms with Crippen molar-refractivity contribution in [1.82, 2.24) is 43.6 Å². The minimum Gasteiger partial charge on any atom is -0.387 e. The number of aryl methyl sites for hydroxylation is 1. The molecule has 414 valence electrons. The number of nitrogen functional groups attached to an aromatic ring is 2. The number of nitrogens with one attached hydrogen (secondary N) is 2. The summed E-state index contributed by atoms with van der Waals surface area (Å²) >= 11 is 0. The van der Waals surface area contributed by atoms with Crippen LogP contribution in [0.2, 0.25) is 0 Å². The van der Waals surface area contributed by atoms with Gasteiger partial charge in [0.15, 0.2) is 23.9 Å². The maximum absolute atomic E-state index is 13.6. The van der Waals surface area contributed by atoms with E-state index in [4.69, 9.17) is 53.2 Å². The van der Waals surface area contributed by atoms with Gasteiger partial charge < -0.3 is 70.0 Å². The number of phosphoric ester groups is 3. The molecule has 0 aliphatic carbocycles. The largest absolute Gasteiger partial charge is 0.490 e. The number of phosphoric acid groups is 4. The molecule has 5 aromatic heterocycles. The third kappa shape index (κ3) is 12.2. The number of H-pyrrole nitrogens is 2. The number of imidazole rings is 2. The molecule has 0 amide bonds. The first kappa shape index (κ1) is 56.6. The summed E-state index contributed by atoms with van der Waals surface area (Å²) in [5, 5.41) is 32.6. The molecule has 0 spiro atoms. The Hall–Kier alpha value is -4.62. The summed E-state index contributed by atoms with van der Waals surface area (Å²) in [6.07, 6.45) is -13.1. The fraction of sp³-hybridized carbons (Fsp3) is 0.588. The molecule has 75 heavy (non-hydrogen) atoms. The van der Waals surface area contributed by atoms with E-state index in [9.17, 15) is 67.5 Å². The number of ether oxygens (including phenoxy) is 5. The van der Waals surface area contributed by atoms with Crippen molar-refractivity contribution in [3.63, 3.8) is 0 Å². The summed E-state index contributed by atoms with van der Waals surface area (Å²) < 4.78 is 115. The summed E-state index contributed by atoms with van der Waals surface area (Å²) in [5.74, 6) is -1.28. The van der Waals surface area contributed by atoms with E-state index in [1.165, 1.54) is 34.2 Å². The average molecular weight is 1150 g/mol. The molecule has 41 heteroatoms. The lowest BCUT2D eigenvalue weighted by Gasteiger charge is -2.26. The molecule has 16 atom stereocenters. The topological polar surface area (TPSA) is 516 Å². The number of fused-ring (bicyclic) bond motifs is 2. The van der Waals surface area contributed by atoms with Crippen LogP contribution in [-0.4, -0.2) is 168 Å². The zero-order valence-electron chi connectivity index (χ0n) is 38.9. The lowest BCUT2D eigenvalue weighted by Crippen LogP contribution is -2.38. The number of aromatic amines is 2. The van der Waals surface area contributed by atoms with E-state index < -0.39 is 141 Å². The Balaban J connectivity index is 0.942. The fourth-order valence-corrected chi connectivity index (χ4v) is 13.0. The Morgan fingerprint density at radius 2 is 1.36 bits per heavy atom. The molecule has 3 fully saturated rings. The normalized spacial score (nSPS) is 30.4. The Morgan fingerprint density at radius 1 is 0.733 bits per heavy atom. The second kappa shape index (κ2) is 22.0. The van der Waals surface area contributed by atoms with Crippen molar-refractivity contribution in [2.45, 2.75) is 73.9 Å². The van der Waals surface area contributed by atoms with Crippen molar-refractivity contribution in [3.8, 4) is 0 Å². The van der Waals surface area contributed by atoms with Gasteiger partial charge in [-0.2, -0.15) is 18.2 Å². The van der Waals surface area contributed by atoms with Crippen molar-refractivity contribution < 1.29 is 108 Å². The molecule has 0 saturated carbocycles. The highest BCUT2D eigenvalue weighted by molar-refractivity contribution is 7.66. The molecule has 3 aliphatic rings. The van der Waals surface area contributed by atoms with Crippen molar-refractivity contribution >= 4 is 65.4 Å². The van der Waals surface area contributed by atoms with Crippen LogP contribution in [0.5, 0.6) is 0 Å². The number of methoxy groups -OCH3 is 2. The van der Waals surface area contributed by atoms with Crippen LogP contribution in [0.1, 0.15) is 25.1 Å². The lowest BCUT2D eigenvalue weighted by atomic mass is 9.95. The van der Waals surface area contributed by atoms with E-state index in [-0.39, 0.29) is 47.1 Å². The summed E-state index contributed by atoms with van der Waals surface area (Å²) in [6.45, 7) is -3.17. The highest BCUT2D eigenvalue weighted by Crippen LogP contribution is 2.68. The number of nitrogens with zero attached hydrogens (tertiary/aromatic N) is 8. The summed E-state index contributed by atoms with van der Waals surface area (Å²) in [4.78, 5) is 99.6. The monoisotopic (exact) mass is 1150 g/mol. The van der Waals surface area contributed by atoms with E-state index >= 15 is 0 Å². The van der Waals surface area contributed by atoms with Gasteiger partial charge in [-0.25, -0.2) is 42.6 Å². The van der Waals surface area contributed by atoms with E-state index in [1.807, 2.05) is 4.98 Å². The van der Waals surface area contributed by atoms with Crippen molar-refractivity contribution in [1.29, 1.82) is 0 Å². The van der Waals surface area contributed by atoms with Crippen LogP contribution in [0, 0.1) is 5.92 Å². The molecule has 13 N–H and O–H groups in total. The molecular formula is C34H49N12O25P4+. The van der Waals surface area contributed by atoms with Crippen LogP contribution < -0.4 is 32.8 Å². The quantitative estimate of drug-likeness (QED) is 0.0236. The third-order valence-corrected chi connectivity index (χ3v) is 17.0. The highest BCUT2D eigenvalue weighted by Gasteiger charge is 2.54. The maximum atomic E-state index is 13.6. The zero-order chi connectivity index (χ0) is 54.5. The van der Waals surface area contributed by atoms with Gasteiger partial charge in [0.25, 0.3) is 16.7 Å². The zero-order valence-corrected chi connectivity index (χ0v) is 42.4. The molecule has 0 aromatic carbocycles. The SMILES string of the molecule is COCC[C@H]1[C@@H](O)[C@H](n2c[n+](C)c3c(=O)[nH]c(N)nc32)O[C@@H]1COP(=O)(O)OP(=O)(O)OP(=O)(O)OC[C@H]1O[C@@H](n2cnc3c(N)ncnc32)[C@H](OC)[C@@H]1OP(=O)(O)OC[C@H]1O[C@@H](n2ccc(=O)[nH]c2=O)[C@H](O)[C@@H]1O. The molecule has 8 rings (SSSR count). The first-order valence-corrected chi connectivity index (χ1v) is 27.6. The standard InChI is InChI=1S/C34H48N12O25P4/c1-43-13-46(28-20(43)29(51)42-33(36)41-28)30-21(48)14(5-7-61-2)15(66-30)8-64-73(55,56)70-75(59,60)71-74(57,58)65-10-17-24(25(62-3)32(68-17)45-12-39-19-26(35)37-11-38-27(19)45)69-72(53,54)63-9-16-22(49)23(50)31(67-16)44-6-4-18(47)40-34(44)52/h4,6,11-17,21-25,30-32,48-50H,5,7-10H2,1-3H3,(H9-,35,36,37,38,40,41,42,47,51,52,53,54,55,56,57,58,59,60)/p+1/t14-,15-,16-,17-,21-,22-,23-,24-,25-,30-,31-,32-/m1/s1. The maximum Gasteiger partial charge on any atom is 0.490 e. The summed E-state index contributed by atoms with van der Waals surface area (Å²) in [5.41, 5.74) is 9.34. The van der Waals surface area contributed by atoms with E-state index in [2.05, 4.69) is 33.5 Å². The minimum absolute atomic E-state index is 0.00828. The molecule has 0 bridgehead atoms. The minimum atomic E-state index is -6.18. The van der Waals surface area contributed by atoms with Crippen molar-refractivity contribution in [2.75, 3.05) is 52.1 Å². The van der Waals surface area contributed by atoms with Gasteiger partial charge in [-0.05, 0) is 6.42 Å². The van der Waals surface area contributed by atoms with Crippen LogP contribution >= 0.6 is 31.3 Å². The Kier molecular flexibility index (Phi) is 16.6. The number of aliphatic hydroxyl groups is 3. The van der Waals surface area contributed by atoms with Crippen LogP contribution in [0.15, 0.2) is 45.6 Å². The average Bonchev–Trinajstić information content (AvgIpc) is 4.12. The number of aliphatic hydroxyl groups excluding tert-OH is 3. The Labute approximate surface area is 417 Å². The van der Waals surface area contributed by atoms with Gasteiger partial charge in [0.2, 0.25) is 18.5 Å². The molecule has 3 aliphatic heterocycles. The molecule has 4 unspecified atom stereocenters. The molecule has 8 heterocycles. The predicted octanol–water partition coefficient (Wildman–Crippen LogP) is -3.58. The van der Waals surface area contributed by atoms with E-state index in [0.29, 0.717) is 0 Å². The van der Waals surface area contributed by atoms with Crippen molar-refractivity contribution in [3.05, 3.63) is 62.4 Å². The van der Waals surface area contributed by atoms with Gasteiger partial charge in [0.1, 0.15) is 54.6 Å². The highest BCUT2D eigenvalue weighted by atomic mass is 31.3. The van der Waals surface area contributed by atoms with Gasteiger partial charge >= 0.3 is 42.5 Å². The van der Waals surface area contributed by atoms with E-state index in [1.54, 1.807) is 0 Å². The van der Waals surface area contributed by atoms with Crippen molar-refractivity contribution in [2.24, 2.45) is 13.0 Å². The Morgan fingerprint density at radius 3 is 2.03 bits per heavy atom. The number of rotatable bonds is 22. The smallest absolute Gasteiger partial charge is 0.387 e. The number of hydrogen-bond donors (Lipinski definition) is 11. The van der Waals surface area contributed by atoms with Crippen LogP contribution in [0.4, 0.5) is 11.8 Å². The summed E-state index contributed by atoms with van der Waals surface area (Å²) in [7, 11) is -19.4. The van der Waals surface area contributed by atoms with Crippen LogP contribution in [-0.2, 0) is 75.7 Å². The molecular weight excluding hydrogens is 1100 g/mol. The van der Waals surface area contributed by atoms with Gasteiger partial charge in [-0.1, -0.05) is 0 Å². The molecule has 5 aromatic rings. The van der Waals surface area contributed by atoms with Gasteiger partial charge in [0, 0.05) is 39.0 Å². The fourth-order valence-electron chi connectivity index (χ4n) is 8.49. The number of anilines is 2. The van der Waals surface area contributed by atoms with Gasteiger partial charge in [-0.3, -0.25) is 46.8 Å². The summed E-state index contributed by atoms with van der Waals surface area (Å²) in [6, 6.07) is 0.926. The lowest BCUT2D eigenvalue weighted by molar-refractivity contribution is -0.646. The molecule has 3 saturated heterocycles. The van der Waals surface area contributed by atoms with E-state index in [0.717, 1.165) is 36.6 Å². The van der Waals surface area contributed by atoms with Crippen LogP contribution in [0.25, 0.3) is 22.3 Å². The number of aromatic nitrogens is 10. The molecule has 37 nitrogen and oxygen atoms in total. The number of nitrogens with two attached hydrogens (primary N) is 2. The first-order valence-electron chi connectivity index (χ1n) is 21.6. The van der Waals surface area contributed by atoms with Crippen LogP contribution in [0.3, 0.4) is 0 Å². The van der Waals surface area contributed by atoms with Gasteiger partial charge in [0.05, 0.1) is 39.3 Å². The number of hydrogen-bond acceptors (Lipinski definition) is 27. The second-order valence-electron chi connectivity index (χ2n) is 16.7. The molecule has 0 radical (unpaired) electrons. The Bertz CT molecular complexity index is 3280. The third-order valence-electron chi connectivity index (χ3n) is 11.8. The first-order chi connectivity index (χ1) is 35.2. The second-order valence-corrected chi connectivity index (χ2v) is 22.7. The predicted molar refractivity (Wildman–Crippen MR) is 242 cm³/mol.